The van der Waals surface area contributed by atoms with E-state index in [1.54, 1.807) is 23.1 Å². The van der Waals surface area contributed by atoms with E-state index in [-0.39, 0.29) is 12.0 Å². The Hall–Kier alpha value is -1.18. The van der Waals surface area contributed by atoms with Crippen LogP contribution in [0, 0.1) is 0 Å². The number of thioether (sulfide) groups is 1. The van der Waals surface area contributed by atoms with E-state index in [9.17, 15) is 4.79 Å². The summed E-state index contributed by atoms with van der Waals surface area (Å²) in [4.78, 5) is 13.7. The predicted octanol–water partition coefficient (Wildman–Crippen LogP) is 4.09. The molecule has 1 N–H and O–H groups in total. The van der Waals surface area contributed by atoms with Gasteiger partial charge in [-0.15, -0.1) is 11.3 Å². The van der Waals surface area contributed by atoms with Crippen molar-refractivity contribution in [2.75, 3.05) is 12.3 Å². The molecule has 0 aliphatic carbocycles. The molecule has 0 saturated heterocycles. The summed E-state index contributed by atoms with van der Waals surface area (Å²) < 4.78 is 12.7. The van der Waals surface area contributed by atoms with Crippen LogP contribution in [0.15, 0.2) is 40.2 Å². The number of halogens is 1. The Morgan fingerprint density at radius 3 is 2.71 bits per heavy atom. The van der Waals surface area contributed by atoms with E-state index in [2.05, 4.69) is 33.4 Å². The fourth-order valence-electron chi connectivity index (χ4n) is 2.36. The number of ether oxygens (including phenoxy) is 2. The van der Waals surface area contributed by atoms with Crippen molar-refractivity contribution < 1.29 is 14.3 Å². The Labute approximate surface area is 158 Å². The number of carbonyl (C=O) groups excluding carboxylic acids is 1. The lowest BCUT2D eigenvalue weighted by atomic mass is 10.1. The first-order valence-electron chi connectivity index (χ1n) is 7.65. The molecule has 0 saturated carbocycles. The molecule has 0 radical (unpaired) electrons. The van der Waals surface area contributed by atoms with Crippen molar-refractivity contribution in [1.29, 1.82) is 0 Å². The van der Waals surface area contributed by atoms with Crippen LogP contribution in [0.4, 0.5) is 0 Å². The van der Waals surface area contributed by atoms with Crippen molar-refractivity contribution in [2.45, 2.75) is 24.9 Å². The normalized spacial score (nSPS) is 19.1. The molecule has 1 aliphatic heterocycles. The molecule has 1 amide bonds. The SMILES string of the molecule is C[C@@H]1Oc2ccccc2O[C@H]1C(=O)NCCSCc1ccc(Br)s1. The highest BCUT2D eigenvalue weighted by Gasteiger charge is 2.33. The summed E-state index contributed by atoms with van der Waals surface area (Å²) in [6, 6.07) is 11.6. The van der Waals surface area contributed by atoms with Gasteiger partial charge in [-0.1, -0.05) is 12.1 Å². The summed E-state index contributed by atoms with van der Waals surface area (Å²) in [6.45, 7) is 2.47. The topological polar surface area (TPSA) is 47.6 Å². The molecule has 0 spiro atoms. The third-order valence-corrected chi connectivity index (χ3v) is 6.33. The van der Waals surface area contributed by atoms with E-state index in [1.807, 2.05) is 31.2 Å². The zero-order valence-corrected chi connectivity index (χ0v) is 16.4. The maximum absolute atomic E-state index is 12.3. The molecule has 1 aliphatic rings. The zero-order valence-electron chi connectivity index (χ0n) is 13.2. The second-order valence-corrected chi connectivity index (χ2v) is 9.01. The molecule has 2 atom stereocenters. The van der Waals surface area contributed by atoms with Crippen LogP contribution in [0.5, 0.6) is 11.5 Å². The fourth-order valence-corrected chi connectivity index (χ4v) is 4.81. The van der Waals surface area contributed by atoms with Crippen molar-refractivity contribution in [1.82, 2.24) is 5.32 Å². The smallest absolute Gasteiger partial charge is 0.265 e. The van der Waals surface area contributed by atoms with Gasteiger partial charge in [0.2, 0.25) is 6.10 Å². The van der Waals surface area contributed by atoms with E-state index in [0.29, 0.717) is 18.0 Å². The van der Waals surface area contributed by atoms with Gasteiger partial charge in [-0.2, -0.15) is 11.8 Å². The van der Waals surface area contributed by atoms with Gasteiger partial charge in [0, 0.05) is 22.9 Å². The molecule has 128 valence electrons. The first-order valence-corrected chi connectivity index (χ1v) is 10.4. The molecule has 7 heteroatoms. The molecular formula is C17H18BrNO3S2. The highest BCUT2D eigenvalue weighted by molar-refractivity contribution is 9.11. The summed E-state index contributed by atoms with van der Waals surface area (Å²) in [6.07, 6.45) is -0.922. The minimum Gasteiger partial charge on any atom is -0.482 e. The molecule has 0 bridgehead atoms. The lowest BCUT2D eigenvalue weighted by molar-refractivity contribution is -0.133. The fraction of sp³-hybridized carbons (Fsp3) is 0.353. The van der Waals surface area contributed by atoms with E-state index in [0.717, 1.165) is 15.3 Å². The van der Waals surface area contributed by atoms with E-state index in [4.69, 9.17) is 9.47 Å². The first kappa shape index (κ1) is 17.6. The van der Waals surface area contributed by atoms with Crippen LogP contribution in [-0.2, 0) is 10.5 Å². The van der Waals surface area contributed by atoms with Crippen LogP contribution in [-0.4, -0.2) is 30.4 Å². The molecule has 1 aromatic carbocycles. The summed E-state index contributed by atoms with van der Waals surface area (Å²) in [5.41, 5.74) is 0. The maximum atomic E-state index is 12.3. The molecule has 2 aromatic rings. The van der Waals surface area contributed by atoms with Crippen LogP contribution >= 0.6 is 39.0 Å². The number of hydrogen-bond acceptors (Lipinski definition) is 5. The van der Waals surface area contributed by atoms with Crippen molar-refractivity contribution in [3.63, 3.8) is 0 Å². The molecule has 3 rings (SSSR count). The second-order valence-electron chi connectivity index (χ2n) is 5.36. The number of rotatable bonds is 6. The van der Waals surface area contributed by atoms with Gasteiger partial charge in [-0.25, -0.2) is 0 Å². The highest BCUT2D eigenvalue weighted by atomic mass is 79.9. The summed E-state index contributed by atoms with van der Waals surface area (Å²) >= 11 is 7.00. The Balaban J connectivity index is 1.42. The standard InChI is InChI=1S/C17H18BrNO3S2/c1-11-16(22-14-5-3-2-4-13(14)21-11)17(20)19-8-9-23-10-12-6-7-15(18)24-12/h2-7,11,16H,8-10H2,1H3,(H,19,20)/t11-,16+/m0/s1. The Morgan fingerprint density at radius 1 is 1.25 bits per heavy atom. The lowest BCUT2D eigenvalue weighted by Crippen LogP contribution is -2.49. The number of hydrogen-bond donors (Lipinski definition) is 1. The molecule has 24 heavy (non-hydrogen) atoms. The monoisotopic (exact) mass is 427 g/mol. The van der Waals surface area contributed by atoms with E-state index >= 15 is 0 Å². The van der Waals surface area contributed by atoms with Crippen molar-refractivity contribution >= 4 is 44.9 Å². The first-order chi connectivity index (χ1) is 11.6. The second kappa shape index (κ2) is 8.27. The van der Waals surface area contributed by atoms with Crippen molar-refractivity contribution in [2.24, 2.45) is 0 Å². The molecule has 2 heterocycles. The largest absolute Gasteiger partial charge is 0.482 e. The van der Waals surface area contributed by atoms with Gasteiger partial charge < -0.3 is 14.8 Å². The lowest BCUT2D eigenvalue weighted by Gasteiger charge is -2.31. The van der Waals surface area contributed by atoms with E-state index in [1.165, 1.54) is 4.88 Å². The Bertz CT molecular complexity index is 707. The number of thiophene rings is 1. The van der Waals surface area contributed by atoms with Gasteiger partial charge in [0.25, 0.3) is 5.91 Å². The highest BCUT2D eigenvalue weighted by Crippen LogP contribution is 2.33. The van der Waals surface area contributed by atoms with Crippen LogP contribution in [0.3, 0.4) is 0 Å². The number of carbonyl (C=O) groups is 1. The zero-order chi connectivity index (χ0) is 16.9. The Kier molecular flexibility index (Phi) is 6.08. The predicted molar refractivity (Wildman–Crippen MR) is 102 cm³/mol. The van der Waals surface area contributed by atoms with Crippen LogP contribution in [0.25, 0.3) is 0 Å². The van der Waals surface area contributed by atoms with Crippen LogP contribution < -0.4 is 14.8 Å². The molecule has 4 nitrogen and oxygen atoms in total. The summed E-state index contributed by atoms with van der Waals surface area (Å²) in [7, 11) is 0. The van der Waals surface area contributed by atoms with Crippen molar-refractivity contribution in [3.8, 4) is 11.5 Å². The average molecular weight is 428 g/mol. The number of benzene rings is 1. The number of nitrogens with one attached hydrogen (secondary N) is 1. The molecule has 0 unspecified atom stereocenters. The van der Waals surface area contributed by atoms with Gasteiger partial charge in [-0.3, -0.25) is 4.79 Å². The van der Waals surface area contributed by atoms with Crippen LogP contribution in [0.2, 0.25) is 0 Å². The van der Waals surface area contributed by atoms with Crippen LogP contribution in [0.1, 0.15) is 11.8 Å². The summed E-state index contributed by atoms with van der Waals surface area (Å²) in [5.74, 6) is 3.00. The van der Waals surface area contributed by atoms with Gasteiger partial charge in [-0.05, 0) is 47.1 Å². The third kappa shape index (κ3) is 4.46. The van der Waals surface area contributed by atoms with Gasteiger partial charge in [0.15, 0.2) is 11.5 Å². The number of para-hydroxylation sites is 2. The van der Waals surface area contributed by atoms with Gasteiger partial charge >= 0.3 is 0 Å². The third-order valence-electron chi connectivity index (χ3n) is 3.52. The van der Waals surface area contributed by atoms with Gasteiger partial charge in [0.05, 0.1) is 3.79 Å². The summed E-state index contributed by atoms with van der Waals surface area (Å²) in [5, 5.41) is 2.93. The minimum atomic E-state index is -0.613. The van der Waals surface area contributed by atoms with Crippen molar-refractivity contribution in [3.05, 3.63) is 45.1 Å². The maximum Gasteiger partial charge on any atom is 0.265 e. The number of fused-ring (bicyclic) bond motifs is 1. The minimum absolute atomic E-state index is 0.128. The average Bonchev–Trinajstić information content (AvgIpc) is 2.99. The molecular weight excluding hydrogens is 410 g/mol. The molecule has 0 fully saturated rings. The van der Waals surface area contributed by atoms with E-state index < -0.39 is 6.10 Å². The quantitative estimate of drug-likeness (QED) is 0.705. The Morgan fingerprint density at radius 2 is 2.00 bits per heavy atom. The molecule has 1 aromatic heterocycles. The van der Waals surface area contributed by atoms with Gasteiger partial charge in [0.1, 0.15) is 6.10 Å². The number of amides is 1.